The minimum atomic E-state index is 0.672. The summed E-state index contributed by atoms with van der Waals surface area (Å²) in [6.07, 6.45) is 9.70. The van der Waals surface area contributed by atoms with Gasteiger partial charge in [0.2, 0.25) is 0 Å². The molecule has 2 heteroatoms. The number of nitrogens with zero attached hydrogens (tertiary/aromatic N) is 1. The van der Waals surface area contributed by atoms with Crippen molar-refractivity contribution in [2.75, 3.05) is 13.1 Å². The van der Waals surface area contributed by atoms with Gasteiger partial charge in [0, 0.05) is 18.1 Å². The SMILES string of the molecule is CCCNC1CCCCCCC1N(CC)C(C)C. The van der Waals surface area contributed by atoms with E-state index < -0.39 is 0 Å². The molecule has 0 saturated heterocycles. The molecule has 0 aromatic heterocycles. The molecule has 1 aliphatic carbocycles. The predicted octanol–water partition coefficient (Wildman–Crippen LogP) is 3.81. The number of hydrogen-bond donors (Lipinski definition) is 1. The maximum absolute atomic E-state index is 3.82. The van der Waals surface area contributed by atoms with Crippen molar-refractivity contribution in [2.24, 2.45) is 0 Å². The third-order valence-corrected chi connectivity index (χ3v) is 4.34. The molecule has 0 aromatic carbocycles. The van der Waals surface area contributed by atoms with E-state index in [2.05, 4.69) is 37.9 Å². The van der Waals surface area contributed by atoms with E-state index in [9.17, 15) is 0 Å². The first kappa shape index (κ1) is 16.0. The van der Waals surface area contributed by atoms with Crippen LogP contribution in [0.25, 0.3) is 0 Å². The largest absolute Gasteiger partial charge is 0.312 e. The van der Waals surface area contributed by atoms with E-state index in [0.29, 0.717) is 12.1 Å². The lowest BCUT2D eigenvalue weighted by atomic mass is 9.90. The smallest absolute Gasteiger partial charge is 0.0251 e. The van der Waals surface area contributed by atoms with Crippen molar-refractivity contribution in [1.82, 2.24) is 10.2 Å². The van der Waals surface area contributed by atoms with E-state index in [1.54, 1.807) is 0 Å². The van der Waals surface area contributed by atoms with Gasteiger partial charge in [0.15, 0.2) is 0 Å². The van der Waals surface area contributed by atoms with Crippen molar-refractivity contribution in [3.05, 3.63) is 0 Å². The topological polar surface area (TPSA) is 15.3 Å². The highest BCUT2D eigenvalue weighted by Crippen LogP contribution is 2.23. The van der Waals surface area contributed by atoms with Crippen molar-refractivity contribution in [2.45, 2.75) is 90.8 Å². The first-order valence-corrected chi connectivity index (χ1v) is 8.19. The molecule has 0 aliphatic heterocycles. The van der Waals surface area contributed by atoms with Crippen molar-refractivity contribution >= 4 is 0 Å². The van der Waals surface area contributed by atoms with E-state index in [-0.39, 0.29) is 0 Å². The first-order chi connectivity index (χ1) is 8.70. The van der Waals surface area contributed by atoms with Crippen LogP contribution in [-0.2, 0) is 0 Å². The maximum atomic E-state index is 3.82. The molecule has 1 N–H and O–H groups in total. The van der Waals surface area contributed by atoms with Crippen LogP contribution < -0.4 is 5.32 Å². The summed E-state index contributed by atoms with van der Waals surface area (Å²) in [6.45, 7) is 11.6. The molecular formula is C16H34N2. The van der Waals surface area contributed by atoms with Crippen molar-refractivity contribution in [3.8, 4) is 0 Å². The third kappa shape index (κ3) is 4.89. The van der Waals surface area contributed by atoms with Crippen molar-refractivity contribution in [1.29, 1.82) is 0 Å². The summed E-state index contributed by atoms with van der Waals surface area (Å²) in [7, 11) is 0. The van der Waals surface area contributed by atoms with Gasteiger partial charge in [-0.2, -0.15) is 0 Å². The fraction of sp³-hybridized carbons (Fsp3) is 1.00. The van der Waals surface area contributed by atoms with Gasteiger partial charge in [-0.05, 0) is 46.2 Å². The van der Waals surface area contributed by atoms with Crippen molar-refractivity contribution in [3.63, 3.8) is 0 Å². The predicted molar refractivity (Wildman–Crippen MR) is 81.1 cm³/mol. The fourth-order valence-electron chi connectivity index (χ4n) is 3.41. The molecule has 108 valence electrons. The zero-order chi connectivity index (χ0) is 13.4. The van der Waals surface area contributed by atoms with Gasteiger partial charge < -0.3 is 5.32 Å². The molecule has 0 aromatic rings. The van der Waals surface area contributed by atoms with Crippen LogP contribution in [-0.4, -0.2) is 36.1 Å². The van der Waals surface area contributed by atoms with Gasteiger partial charge in [0.25, 0.3) is 0 Å². The van der Waals surface area contributed by atoms with Crippen LogP contribution in [0.1, 0.15) is 72.6 Å². The Kier molecular flexibility index (Phi) is 7.92. The minimum Gasteiger partial charge on any atom is -0.312 e. The van der Waals surface area contributed by atoms with Crippen LogP contribution in [0.5, 0.6) is 0 Å². The lowest BCUT2D eigenvalue weighted by Gasteiger charge is -2.40. The third-order valence-electron chi connectivity index (χ3n) is 4.34. The average molecular weight is 254 g/mol. The Hall–Kier alpha value is -0.0800. The second-order valence-electron chi connectivity index (χ2n) is 6.04. The lowest BCUT2D eigenvalue weighted by molar-refractivity contribution is 0.108. The Bertz CT molecular complexity index is 201. The first-order valence-electron chi connectivity index (χ1n) is 8.19. The summed E-state index contributed by atoms with van der Waals surface area (Å²) in [5.74, 6) is 0. The molecule has 2 unspecified atom stereocenters. The zero-order valence-electron chi connectivity index (χ0n) is 13.0. The average Bonchev–Trinajstić information content (AvgIpc) is 2.31. The highest BCUT2D eigenvalue weighted by Gasteiger charge is 2.28. The molecule has 0 radical (unpaired) electrons. The molecule has 2 atom stereocenters. The van der Waals surface area contributed by atoms with E-state index in [4.69, 9.17) is 0 Å². The highest BCUT2D eigenvalue weighted by molar-refractivity contribution is 4.87. The molecule has 18 heavy (non-hydrogen) atoms. The Morgan fingerprint density at radius 1 is 1.06 bits per heavy atom. The Balaban J connectivity index is 2.68. The van der Waals surface area contributed by atoms with Gasteiger partial charge in [-0.25, -0.2) is 0 Å². The monoisotopic (exact) mass is 254 g/mol. The van der Waals surface area contributed by atoms with Crippen LogP contribution in [0.2, 0.25) is 0 Å². The van der Waals surface area contributed by atoms with Crippen LogP contribution >= 0.6 is 0 Å². The summed E-state index contributed by atoms with van der Waals surface area (Å²) in [4.78, 5) is 2.71. The number of hydrogen-bond acceptors (Lipinski definition) is 2. The van der Waals surface area contributed by atoms with E-state index >= 15 is 0 Å². The Morgan fingerprint density at radius 3 is 2.28 bits per heavy atom. The van der Waals surface area contributed by atoms with Crippen LogP contribution in [0.4, 0.5) is 0 Å². The van der Waals surface area contributed by atoms with E-state index in [1.807, 2.05) is 0 Å². The summed E-state index contributed by atoms with van der Waals surface area (Å²) < 4.78 is 0. The summed E-state index contributed by atoms with van der Waals surface area (Å²) >= 11 is 0. The van der Waals surface area contributed by atoms with Crippen molar-refractivity contribution < 1.29 is 0 Å². The Morgan fingerprint density at radius 2 is 1.72 bits per heavy atom. The van der Waals surface area contributed by atoms with Gasteiger partial charge >= 0.3 is 0 Å². The summed E-state index contributed by atoms with van der Waals surface area (Å²) in [6, 6.07) is 2.14. The quantitative estimate of drug-likeness (QED) is 0.775. The molecule has 0 amide bonds. The van der Waals surface area contributed by atoms with Gasteiger partial charge in [0.05, 0.1) is 0 Å². The molecule has 0 heterocycles. The van der Waals surface area contributed by atoms with Gasteiger partial charge in [-0.1, -0.05) is 39.5 Å². The standard InChI is InChI=1S/C16H34N2/c1-5-13-17-15-11-9-7-8-10-12-16(15)18(6-2)14(3)4/h14-17H,5-13H2,1-4H3. The minimum absolute atomic E-state index is 0.672. The fourth-order valence-corrected chi connectivity index (χ4v) is 3.41. The summed E-state index contributed by atoms with van der Waals surface area (Å²) in [5, 5.41) is 3.82. The molecule has 1 saturated carbocycles. The maximum Gasteiger partial charge on any atom is 0.0251 e. The molecule has 1 aliphatic rings. The second-order valence-corrected chi connectivity index (χ2v) is 6.04. The van der Waals surface area contributed by atoms with Crippen LogP contribution in [0, 0.1) is 0 Å². The lowest BCUT2D eigenvalue weighted by Crippen LogP contribution is -2.53. The Labute approximate surface area is 115 Å². The van der Waals surface area contributed by atoms with Gasteiger partial charge in [-0.15, -0.1) is 0 Å². The number of nitrogens with one attached hydrogen (secondary N) is 1. The molecule has 0 spiro atoms. The highest BCUT2D eigenvalue weighted by atomic mass is 15.2. The van der Waals surface area contributed by atoms with E-state index in [0.717, 1.165) is 6.04 Å². The summed E-state index contributed by atoms with van der Waals surface area (Å²) in [5.41, 5.74) is 0. The molecule has 1 fully saturated rings. The normalized spacial score (nSPS) is 26.3. The molecular weight excluding hydrogens is 220 g/mol. The van der Waals surface area contributed by atoms with Crippen LogP contribution in [0.3, 0.4) is 0 Å². The van der Waals surface area contributed by atoms with E-state index in [1.165, 1.54) is 58.0 Å². The number of likely N-dealkylation sites (N-methyl/N-ethyl adjacent to an activating group) is 1. The molecule has 1 rings (SSSR count). The molecule has 2 nitrogen and oxygen atoms in total. The van der Waals surface area contributed by atoms with Crippen LogP contribution in [0.15, 0.2) is 0 Å². The van der Waals surface area contributed by atoms with Gasteiger partial charge in [-0.3, -0.25) is 4.90 Å². The zero-order valence-corrected chi connectivity index (χ0v) is 13.0. The second kappa shape index (κ2) is 8.92. The number of rotatable bonds is 6. The molecule has 0 bridgehead atoms. The van der Waals surface area contributed by atoms with Gasteiger partial charge in [0.1, 0.15) is 0 Å².